The number of fused-ring (bicyclic) bond motifs is 3. The minimum atomic E-state index is -1.29. The normalized spacial score (nSPS) is 13.3. The molecule has 0 N–H and O–H groups in total. The van der Waals surface area contributed by atoms with E-state index in [4.69, 9.17) is 0 Å². The van der Waals surface area contributed by atoms with Gasteiger partial charge < -0.3 is 24.8 Å². The molecule has 0 aliphatic heterocycles. The van der Waals surface area contributed by atoms with Crippen molar-refractivity contribution in [2.45, 2.75) is 78.4 Å². The van der Waals surface area contributed by atoms with Crippen molar-refractivity contribution < 1.29 is 49.0 Å². The Morgan fingerprint density at radius 1 is 0.674 bits per heavy atom. The molecule has 0 fully saturated rings. The zero-order chi connectivity index (χ0) is 31.9. The first-order valence-electron chi connectivity index (χ1n) is 15.9. The molecule has 0 amide bonds. The van der Waals surface area contributed by atoms with Gasteiger partial charge in [-0.25, -0.2) is 0 Å². The summed E-state index contributed by atoms with van der Waals surface area (Å²) in [7, 11) is -1.29. The molecule has 4 heteroatoms. The summed E-state index contributed by atoms with van der Waals surface area (Å²) in [6, 6.07) is 35.5. The average molecular weight is 742 g/mol. The van der Waals surface area contributed by atoms with Crippen molar-refractivity contribution in [1.29, 1.82) is 0 Å². The van der Waals surface area contributed by atoms with Crippen LogP contribution in [-0.2, 0) is 35.1 Å². The van der Waals surface area contributed by atoms with Crippen LogP contribution in [0, 0.1) is 0 Å². The minimum absolute atomic E-state index is 0. The van der Waals surface area contributed by atoms with Gasteiger partial charge in [0.25, 0.3) is 0 Å². The summed E-state index contributed by atoms with van der Waals surface area (Å²) in [6.07, 6.45) is 6.06. The van der Waals surface area contributed by atoms with Crippen LogP contribution in [0.4, 0.5) is 0 Å². The summed E-state index contributed by atoms with van der Waals surface area (Å²) in [5.41, 5.74) is 8.72. The fourth-order valence-electron chi connectivity index (χ4n) is 5.88. The molecular formula is C42H47Cl2SiZr-. The molecule has 1 aliphatic rings. The first-order chi connectivity index (χ1) is 20.6. The van der Waals surface area contributed by atoms with Crippen molar-refractivity contribution >= 4 is 38.4 Å². The monoisotopic (exact) mass is 739 g/mol. The van der Waals surface area contributed by atoms with Crippen LogP contribution in [0.1, 0.15) is 75.8 Å². The molecule has 0 radical (unpaired) electrons. The van der Waals surface area contributed by atoms with Gasteiger partial charge in [0.1, 0.15) is 0 Å². The van der Waals surface area contributed by atoms with Gasteiger partial charge in [-0.05, 0) is 17.3 Å². The van der Waals surface area contributed by atoms with Gasteiger partial charge in [0, 0.05) is 0 Å². The predicted molar refractivity (Wildman–Crippen MR) is 195 cm³/mol. The van der Waals surface area contributed by atoms with Gasteiger partial charge >= 0.3 is 99.2 Å². The summed E-state index contributed by atoms with van der Waals surface area (Å²) < 4.78 is 1.42. The van der Waals surface area contributed by atoms with Crippen LogP contribution in [0.25, 0.3) is 27.1 Å². The first-order valence-corrected chi connectivity index (χ1v) is 20.6. The van der Waals surface area contributed by atoms with Crippen molar-refractivity contribution in [1.82, 2.24) is 0 Å². The van der Waals surface area contributed by atoms with Crippen LogP contribution in [0.2, 0.25) is 19.6 Å². The van der Waals surface area contributed by atoms with Crippen LogP contribution >= 0.6 is 0 Å². The topological polar surface area (TPSA) is 0 Å². The number of allylic oxidation sites excluding steroid dienone is 4. The Hall–Kier alpha value is -2.22. The van der Waals surface area contributed by atoms with E-state index in [9.17, 15) is 0 Å². The third-order valence-electron chi connectivity index (χ3n) is 8.76. The quantitative estimate of drug-likeness (QED) is 0.164. The molecule has 5 aromatic rings. The molecular weight excluding hydrogens is 695 g/mol. The predicted octanol–water partition coefficient (Wildman–Crippen LogP) is 5.71. The Balaban J connectivity index is 0.000000304. The van der Waals surface area contributed by atoms with Crippen LogP contribution in [0.5, 0.6) is 0 Å². The maximum absolute atomic E-state index is 2.51. The summed E-state index contributed by atoms with van der Waals surface area (Å²) in [6.45, 7) is 21.3. The second kappa shape index (κ2) is 14.9. The SMILES string of the molecule is CC(C)(C)c1ccc2[cH-]c3c(C4=CC([Si](C)(C)C)=CC4)cc(C(C)(C)C)cc3c2c1.[Cl-].[Cl-].[Zr+2]=[C](c1ccccc1)c1ccccc1. The van der Waals surface area contributed by atoms with Gasteiger partial charge in [-0.1, -0.05) is 125 Å². The van der Waals surface area contributed by atoms with Crippen LogP contribution < -0.4 is 24.8 Å². The molecule has 5 aromatic carbocycles. The fourth-order valence-corrected chi connectivity index (χ4v) is 8.02. The molecule has 0 unspecified atom stereocenters. The number of benzene rings is 4. The first kappa shape index (κ1) is 38.2. The summed E-state index contributed by atoms with van der Waals surface area (Å²) in [5, 5.41) is 7.20. The molecule has 6 rings (SSSR count). The Kier molecular flexibility index (Phi) is 12.4. The van der Waals surface area contributed by atoms with Gasteiger partial charge in [0.2, 0.25) is 0 Å². The third-order valence-corrected chi connectivity index (χ3v) is 12.3. The number of hydrogen-bond donors (Lipinski definition) is 0. The van der Waals surface area contributed by atoms with Crippen LogP contribution in [0.15, 0.2) is 114 Å². The van der Waals surface area contributed by atoms with Crippen molar-refractivity contribution in [3.05, 3.63) is 142 Å². The Morgan fingerprint density at radius 3 is 1.67 bits per heavy atom. The molecule has 0 bridgehead atoms. The van der Waals surface area contributed by atoms with E-state index in [0.717, 1.165) is 6.42 Å². The fraction of sp³-hybridized carbons (Fsp3) is 0.286. The maximum atomic E-state index is 2.51. The van der Waals surface area contributed by atoms with Crippen molar-refractivity contribution in [2.24, 2.45) is 0 Å². The molecule has 1 aliphatic carbocycles. The third kappa shape index (κ3) is 8.62. The van der Waals surface area contributed by atoms with Gasteiger partial charge in [-0.2, -0.15) is 0 Å². The molecule has 0 saturated heterocycles. The second-order valence-corrected chi connectivity index (χ2v) is 21.6. The van der Waals surface area contributed by atoms with E-state index in [1.54, 1.807) is 5.20 Å². The van der Waals surface area contributed by atoms with Gasteiger partial charge in [-0.3, -0.25) is 0 Å². The van der Waals surface area contributed by atoms with E-state index < -0.39 is 8.07 Å². The van der Waals surface area contributed by atoms with E-state index in [1.165, 1.54) is 82.4 Å². The number of hydrogen-bond acceptors (Lipinski definition) is 0. The second-order valence-electron chi connectivity index (χ2n) is 15.3. The van der Waals surface area contributed by atoms with E-state index in [-0.39, 0.29) is 35.6 Å². The van der Waals surface area contributed by atoms with Gasteiger partial charge in [0.05, 0.1) is 8.07 Å². The Bertz CT molecular complexity index is 1830. The molecule has 0 saturated carbocycles. The van der Waals surface area contributed by atoms with Crippen molar-refractivity contribution in [3.63, 3.8) is 0 Å². The summed E-state index contributed by atoms with van der Waals surface area (Å²) >= 11 is 1.46. The number of rotatable bonds is 4. The zero-order valence-corrected chi connectivity index (χ0v) is 33.8. The molecule has 0 spiro atoms. The Morgan fingerprint density at radius 2 is 1.20 bits per heavy atom. The standard InChI is InChI=1S/C29H37Si.C13H10.2ClH.Zr/c1-28(2,3)21-12-10-20-15-26-25(19-11-13-23(14-19)30(7,8)9)17-22(29(4,5)6)18-27(26)24(20)16-21;1-3-7-12(8-4-1)11-13-9-5-2-6-10-13;;;/h10,12-18H,11H2,1-9H3;1-10H;2*1H;/q-1;;;;+2/p-2. The Labute approximate surface area is 305 Å². The molecule has 0 aromatic heterocycles. The molecule has 0 atom stereocenters. The number of halogens is 2. The van der Waals surface area contributed by atoms with Gasteiger partial charge in [-0.15, -0.1) is 33.7 Å². The molecule has 238 valence electrons. The van der Waals surface area contributed by atoms with Crippen LogP contribution in [-0.4, -0.2) is 11.3 Å². The molecule has 0 nitrogen and oxygen atoms in total. The zero-order valence-electron chi connectivity index (χ0n) is 28.9. The van der Waals surface area contributed by atoms with Crippen molar-refractivity contribution in [2.75, 3.05) is 0 Å². The summed E-state index contributed by atoms with van der Waals surface area (Å²) in [5.74, 6) is 0. The molecule has 46 heavy (non-hydrogen) atoms. The van der Waals surface area contributed by atoms with Crippen molar-refractivity contribution in [3.8, 4) is 0 Å². The van der Waals surface area contributed by atoms with Gasteiger partial charge in [0.15, 0.2) is 0 Å². The van der Waals surface area contributed by atoms with Crippen LogP contribution in [0.3, 0.4) is 0 Å². The van der Waals surface area contributed by atoms with E-state index in [1.807, 2.05) is 0 Å². The average Bonchev–Trinajstić information content (AvgIpc) is 3.62. The summed E-state index contributed by atoms with van der Waals surface area (Å²) in [4.78, 5) is 0. The van der Waals surface area contributed by atoms with E-state index >= 15 is 0 Å². The van der Waals surface area contributed by atoms with E-state index in [0.29, 0.717) is 0 Å². The van der Waals surface area contributed by atoms with E-state index in [2.05, 4.69) is 170 Å². The molecule has 0 heterocycles.